The van der Waals surface area contributed by atoms with E-state index < -0.39 is 10.0 Å². The highest BCUT2D eigenvalue weighted by molar-refractivity contribution is 7.89. The molecule has 0 unspecified atom stereocenters. The van der Waals surface area contributed by atoms with Crippen LogP contribution in [-0.2, 0) is 23.1 Å². The van der Waals surface area contributed by atoms with Gasteiger partial charge >= 0.3 is 0 Å². The molecule has 2 atom stereocenters. The number of rotatable bonds is 4. The van der Waals surface area contributed by atoms with Gasteiger partial charge in [0.05, 0.1) is 29.5 Å². The highest BCUT2D eigenvalue weighted by Crippen LogP contribution is 2.36. The number of aromatic nitrogens is 3. The molecule has 0 radical (unpaired) electrons. The summed E-state index contributed by atoms with van der Waals surface area (Å²) in [5.41, 5.74) is 3.55. The molecule has 5 rings (SSSR count). The van der Waals surface area contributed by atoms with Crippen LogP contribution in [0, 0.1) is 6.92 Å². The van der Waals surface area contributed by atoms with E-state index in [0.29, 0.717) is 18.8 Å². The summed E-state index contributed by atoms with van der Waals surface area (Å²) in [6.07, 6.45) is 2.93. The fourth-order valence-electron chi connectivity index (χ4n) is 4.00. The van der Waals surface area contributed by atoms with E-state index in [9.17, 15) is 8.42 Å². The Hall–Kier alpha value is -2.40. The number of hydrogen-bond acceptors (Lipinski definition) is 8. The minimum atomic E-state index is -3.80. The van der Waals surface area contributed by atoms with Gasteiger partial charge in [-0.3, -0.25) is 9.88 Å². The fourth-order valence-corrected chi connectivity index (χ4v) is 6.50. The SMILES string of the molecule is Cc1ncsc1CN1C[C@@H]2[C@@H](C1)Oc1ncccc1S(=O)(=O)N2Cc1ccccn1. The van der Waals surface area contributed by atoms with Gasteiger partial charge < -0.3 is 4.74 Å². The molecule has 2 aliphatic heterocycles. The van der Waals surface area contributed by atoms with E-state index >= 15 is 0 Å². The van der Waals surface area contributed by atoms with Crippen LogP contribution >= 0.6 is 11.3 Å². The number of pyridine rings is 2. The quantitative estimate of drug-likeness (QED) is 0.610. The van der Waals surface area contributed by atoms with Crippen LogP contribution in [0.1, 0.15) is 16.3 Å². The second kappa shape index (κ2) is 7.69. The van der Waals surface area contributed by atoms with Gasteiger partial charge in [-0.25, -0.2) is 18.4 Å². The lowest BCUT2D eigenvalue weighted by atomic mass is 10.2. The maximum atomic E-state index is 13.6. The molecule has 3 aromatic heterocycles. The first-order valence-corrected chi connectivity index (χ1v) is 12.0. The second-order valence-electron chi connectivity index (χ2n) is 7.46. The number of sulfonamides is 1. The molecule has 10 heteroatoms. The van der Waals surface area contributed by atoms with Crippen molar-refractivity contribution >= 4 is 21.4 Å². The summed E-state index contributed by atoms with van der Waals surface area (Å²) < 4.78 is 34.9. The van der Waals surface area contributed by atoms with E-state index in [0.717, 1.165) is 12.2 Å². The summed E-state index contributed by atoms with van der Waals surface area (Å²) in [4.78, 5) is 16.4. The van der Waals surface area contributed by atoms with Gasteiger partial charge in [0, 0.05) is 36.9 Å². The number of hydrogen-bond donors (Lipinski definition) is 0. The molecule has 1 fully saturated rings. The first-order valence-electron chi connectivity index (χ1n) is 9.67. The Kier molecular flexibility index (Phi) is 5.02. The van der Waals surface area contributed by atoms with Crippen LogP contribution in [0.25, 0.3) is 0 Å². The number of nitrogens with zero attached hydrogens (tertiary/aromatic N) is 5. The van der Waals surface area contributed by atoms with Crippen molar-refractivity contribution in [1.29, 1.82) is 0 Å². The van der Waals surface area contributed by atoms with Crippen molar-refractivity contribution in [1.82, 2.24) is 24.2 Å². The number of likely N-dealkylation sites (tertiary alicyclic amines) is 1. The van der Waals surface area contributed by atoms with Crippen molar-refractivity contribution in [3.05, 3.63) is 64.5 Å². The normalized spacial score (nSPS) is 23.4. The molecule has 8 nitrogen and oxygen atoms in total. The number of thiazole rings is 1. The van der Waals surface area contributed by atoms with Crippen molar-refractivity contribution in [2.24, 2.45) is 0 Å². The van der Waals surface area contributed by atoms with Gasteiger partial charge in [0.25, 0.3) is 0 Å². The predicted molar refractivity (Wildman–Crippen MR) is 112 cm³/mol. The summed E-state index contributed by atoms with van der Waals surface area (Å²) in [7, 11) is -3.80. The molecule has 0 amide bonds. The van der Waals surface area contributed by atoms with E-state index in [2.05, 4.69) is 19.9 Å². The molecule has 0 spiro atoms. The lowest BCUT2D eigenvalue weighted by molar-refractivity contribution is 0.143. The highest BCUT2D eigenvalue weighted by Gasteiger charge is 2.47. The van der Waals surface area contributed by atoms with Crippen LogP contribution in [0.4, 0.5) is 0 Å². The van der Waals surface area contributed by atoms with E-state index in [1.165, 1.54) is 9.18 Å². The smallest absolute Gasteiger partial charge is 0.249 e. The molecule has 5 heterocycles. The first-order chi connectivity index (χ1) is 14.5. The second-order valence-corrected chi connectivity index (χ2v) is 10.3. The zero-order valence-electron chi connectivity index (χ0n) is 16.4. The average molecular weight is 444 g/mol. The van der Waals surface area contributed by atoms with Gasteiger partial charge in [-0.1, -0.05) is 6.07 Å². The lowest BCUT2D eigenvalue weighted by Gasteiger charge is -2.27. The maximum absolute atomic E-state index is 13.6. The van der Waals surface area contributed by atoms with Gasteiger partial charge in [-0.2, -0.15) is 4.31 Å². The maximum Gasteiger partial charge on any atom is 0.249 e. The fraction of sp³-hybridized carbons (Fsp3) is 0.350. The van der Waals surface area contributed by atoms with Crippen molar-refractivity contribution in [2.75, 3.05) is 13.1 Å². The summed E-state index contributed by atoms with van der Waals surface area (Å²) in [6.45, 7) is 4.09. The Morgan fingerprint density at radius 2 is 1.97 bits per heavy atom. The molecule has 0 bridgehead atoms. The van der Waals surface area contributed by atoms with E-state index in [4.69, 9.17) is 4.74 Å². The molecular formula is C20H21N5O3S2. The van der Waals surface area contributed by atoms with Crippen LogP contribution in [-0.4, -0.2) is 57.8 Å². The van der Waals surface area contributed by atoms with Crippen LogP contribution < -0.4 is 4.74 Å². The third kappa shape index (κ3) is 3.49. The monoisotopic (exact) mass is 443 g/mol. The molecule has 30 heavy (non-hydrogen) atoms. The topological polar surface area (TPSA) is 88.5 Å². The zero-order chi connectivity index (χ0) is 20.7. The Bertz CT molecular complexity index is 1150. The molecule has 156 valence electrons. The minimum absolute atomic E-state index is 0.111. The molecule has 0 saturated carbocycles. The Morgan fingerprint density at radius 1 is 1.10 bits per heavy atom. The van der Waals surface area contributed by atoms with Gasteiger partial charge in [0.2, 0.25) is 15.9 Å². The summed E-state index contributed by atoms with van der Waals surface area (Å²) in [6, 6.07) is 8.37. The summed E-state index contributed by atoms with van der Waals surface area (Å²) >= 11 is 1.62. The highest BCUT2D eigenvalue weighted by atomic mass is 32.2. The number of fused-ring (bicyclic) bond motifs is 2. The minimum Gasteiger partial charge on any atom is -0.470 e. The van der Waals surface area contributed by atoms with Crippen molar-refractivity contribution in [2.45, 2.75) is 37.1 Å². The van der Waals surface area contributed by atoms with Crippen LogP contribution in [0.3, 0.4) is 0 Å². The van der Waals surface area contributed by atoms with Gasteiger partial charge in [-0.05, 0) is 31.2 Å². The summed E-state index contributed by atoms with van der Waals surface area (Å²) in [5.74, 6) is 0.173. The van der Waals surface area contributed by atoms with Crippen molar-refractivity contribution in [3.63, 3.8) is 0 Å². The van der Waals surface area contributed by atoms with Crippen molar-refractivity contribution < 1.29 is 13.2 Å². The van der Waals surface area contributed by atoms with Crippen molar-refractivity contribution in [3.8, 4) is 5.88 Å². The van der Waals surface area contributed by atoms with Crippen LogP contribution in [0.2, 0.25) is 0 Å². The first kappa shape index (κ1) is 19.6. The molecule has 0 aliphatic carbocycles. The Labute approximate surface area is 179 Å². The van der Waals surface area contributed by atoms with Crippen LogP contribution in [0.5, 0.6) is 5.88 Å². The average Bonchev–Trinajstić information content (AvgIpc) is 3.31. The van der Waals surface area contributed by atoms with Crippen LogP contribution in [0.15, 0.2) is 53.1 Å². The number of aryl methyl sites for hydroxylation is 1. The van der Waals surface area contributed by atoms with E-state index in [-0.39, 0.29) is 29.5 Å². The molecule has 0 aromatic carbocycles. The largest absolute Gasteiger partial charge is 0.470 e. The van der Waals surface area contributed by atoms with Gasteiger partial charge in [0.1, 0.15) is 11.0 Å². The molecule has 1 saturated heterocycles. The Balaban J connectivity index is 1.51. The summed E-state index contributed by atoms with van der Waals surface area (Å²) in [5, 5.41) is 0. The lowest BCUT2D eigenvalue weighted by Crippen LogP contribution is -2.46. The van der Waals surface area contributed by atoms with Gasteiger partial charge in [0.15, 0.2) is 0 Å². The van der Waals surface area contributed by atoms with Gasteiger partial charge in [-0.15, -0.1) is 11.3 Å². The Morgan fingerprint density at radius 3 is 2.73 bits per heavy atom. The molecule has 2 aliphatic rings. The van der Waals surface area contributed by atoms with E-state index in [1.807, 2.05) is 30.6 Å². The standard InChI is InChI=1S/C20H21N5O3S2/c1-14-18(29-13-23-14)12-24-10-16-17(11-24)28-20-19(6-4-8-22-20)30(26,27)25(16)9-15-5-2-3-7-21-15/h2-8,13,16-17H,9-12H2,1H3/t16-,17-/m1/s1. The third-order valence-electron chi connectivity index (χ3n) is 5.52. The number of ether oxygens (including phenoxy) is 1. The molecule has 3 aromatic rings. The zero-order valence-corrected chi connectivity index (χ0v) is 18.0. The third-order valence-corrected chi connectivity index (χ3v) is 8.33. The van der Waals surface area contributed by atoms with E-state index in [1.54, 1.807) is 35.9 Å². The predicted octanol–water partition coefficient (Wildman–Crippen LogP) is 2.08. The molecular weight excluding hydrogens is 422 g/mol. The molecule has 0 N–H and O–H groups in total.